The minimum atomic E-state index is -0.436. The number of rotatable bonds is 5. The standard InChI is InChI=1S/C16H18F2N2O/c1-11(15-8-12(17)4-7-16(15)18)20(2)10-13-5-6-14(21-3)9-19-13/h4-9,11H,10H2,1-3H3/t11-/m1/s1. The number of ether oxygens (including phenoxy) is 1. The van der Waals surface area contributed by atoms with Crippen LogP contribution in [0.4, 0.5) is 8.78 Å². The second-order valence-electron chi connectivity index (χ2n) is 4.95. The van der Waals surface area contributed by atoms with Crippen molar-refractivity contribution in [3.8, 4) is 5.75 Å². The second-order valence-corrected chi connectivity index (χ2v) is 4.95. The van der Waals surface area contributed by atoms with Gasteiger partial charge in [-0.05, 0) is 44.3 Å². The van der Waals surface area contributed by atoms with Crippen molar-refractivity contribution in [1.29, 1.82) is 0 Å². The van der Waals surface area contributed by atoms with Crippen molar-refractivity contribution in [2.24, 2.45) is 0 Å². The first-order valence-electron chi connectivity index (χ1n) is 6.65. The molecule has 21 heavy (non-hydrogen) atoms. The molecule has 0 spiro atoms. The van der Waals surface area contributed by atoms with Gasteiger partial charge in [0.25, 0.3) is 0 Å². The molecule has 2 rings (SSSR count). The Kier molecular flexibility index (Phi) is 4.85. The van der Waals surface area contributed by atoms with Crippen molar-refractivity contribution in [2.75, 3.05) is 14.2 Å². The summed E-state index contributed by atoms with van der Waals surface area (Å²) >= 11 is 0. The molecule has 0 radical (unpaired) electrons. The van der Waals surface area contributed by atoms with Gasteiger partial charge < -0.3 is 4.74 Å². The zero-order chi connectivity index (χ0) is 15.4. The highest BCUT2D eigenvalue weighted by Gasteiger charge is 2.17. The van der Waals surface area contributed by atoms with Gasteiger partial charge >= 0.3 is 0 Å². The first-order chi connectivity index (χ1) is 10.0. The van der Waals surface area contributed by atoms with Crippen LogP contribution in [0.3, 0.4) is 0 Å². The summed E-state index contributed by atoms with van der Waals surface area (Å²) < 4.78 is 32.1. The lowest BCUT2D eigenvalue weighted by molar-refractivity contribution is 0.244. The normalized spacial score (nSPS) is 12.5. The Morgan fingerprint density at radius 1 is 1.24 bits per heavy atom. The van der Waals surface area contributed by atoms with E-state index in [0.29, 0.717) is 17.9 Å². The van der Waals surface area contributed by atoms with E-state index in [1.165, 1.54) is 6.07 Å². The van der Waals surface area contributed by atoms with Gasteiger partial charge in [0.05, 0.1) is 19.0 Å². The number of methoxy groups -OCH3 is 1. The zero-order valence-corrected chi connectivity index (χ0v) is 12.3. The highest BCUT2D eigenvalue weighted by Crippen LogP contribution is 2.24. The predicted molar refractivity (Wildman–Crippen MR) is 77.0 cm³/mol. The number of aromatic nitrogens is 1. The lowest BCUT2D eigenvalue weighted by Gasteiger charge is -2.25. The third-order valence-corrected chi connectivity index (χ3v) is 3.51. The minimum absolute atomic E-state index is 0.260. The summed E-state index contributed by atoms with van der Waals surface area (Å²) in [6.45, 7) is 2.36. The molecule has 0 fully saturated rings. The number of hydrogen-bond acceptors (Lipinski definition) is 3. The van der Waals surface area contributed by atoms with Crippen molar-refractivity contribution in [3.63, 3.8) is 0 Å². The lowest BCUT2D eigenvalue weighted by atomic mass is 10.1. The molecule has 0 unspecified atom stereocenters. The predicted octanol–water partition coefficient (Wildman–Crippen LogP) is 3.56. The number of nitrogens with zero attached hydrogens (tertiary/aromatic N) is 2. The quantitative estimate of drug-likeness (QED) is 0.842. The maximum Gasteiger partial charge on any atom is 0.137 e. The fraction of sp³-hybridized carbons (Fsp3) is 0.312. The van der Waals surface area contributed by atoms with Crippen LogP contribution in [0.2, 0.25) is 0 Å². The summed E-state index contributed by atoms with van der Waals surface area (Å²) in [5.74, 6) is -0.154. The zero-order valence-electron chi connectivity index (χ0n) is 12.3. The molecule has 112 valence electrons. The van der Waals surface area contributed by atoms with Crippen LogP contribution in [0.15, 0.2) is 36.5 Å². The largest absolute Gasteiger partial charge is 0.495 e. The van der Waals surface area contributed by atoms with Crippen molar-refractivity contribution >= 4 is 0 Å². The van der Waals surface area contributed by atoms with Crippen LogP contribution in [0, 0.1) is 11.6 Å². The van der Waals surface area contributed by atoms with E-state index < -0.39 is 11.6 Å². The summed E-state index contributed by atoms with van der Waals surface area (Å²) in [4.78, 5) is 6.18. The van der Waals surface area contributed by atoms with Gasteiger partial charge in [-0.25, -0.2) is 8.78 Å². The smallest absolute Gasteiger partial charge is 0.137 e. The monoisotopic (exact) mass is 292 g/mol. The average molecular weight is 292 g/mol. The van der Waals surface area contributed by atoms with Crippen LogP contribution >= 0.6 is 0 Å². The minimum Gasteiger partial charge on any atom is -0.495 e. The molecule has 2 aromatic rings. The van der Waals surface area contributed by atoms with Crippen LogP contribution in [0.25, 0.3) is 0 Å². The molecule has 0 aliphatic rings. The van der Waals surface area contributed by atoms with E-state index in [2.05, 4.69) is 4.98 Å². The van der Waals surface area contributed by atoms with Gasteiger partial charge in [0.1, 0.15) is 17.4 Å². The number of halogens is 2. The molecule has 5 heteroatoms. The molecule has 0 amide bonds. The van der Waals surface area contributed by atoms with Gasteiger partial charge in [0.15, 0.2) is 0 Å². The average Bonchev–Trinajstić information content (AvgIpc) is 2.49. The fourth-order valence-electron chi connectivity index (χ4n) is 2.09. The molecule has 0 aliphatic heterocycles. The highest BCUT2D eigenvalue weighted by molar-refractivity contribution is 5.23. The van der Waals surface area contributed by atoms with E-state index in [9.17, 15) is 8.78 Å². The topological polar surface area (TPSA) is 25.4 Å². The van der Waals surface area contributed by atoms with Crippen molar-refractivity contribution in [2.45, 2.75) is 19.5 Å². The summed E-state index contributed by atoms with van der Waals surface area (Å²) in [5, 5.41) is 0. The summed E-state index contributed by atoms with van der Waals surface area (Å²) in [6.07, 6.45) is 1.64. The van der Waals surface area contributed by atoms with Crippen LogP contribution in [0.1, 0.15) is 24.2 Å². The van der Waals surface area contributed by atoms with Gasteiger partial charge in [0, 0.05) is 18.2 Å². The molecule has 0 N–H and O–H groups in total. The second kappa shape index (κ2) is 6.63. The van der Waals surface area contributed by atoms with Gasteiger partial charge in [-0.3, -0.25) is 9.88 Å². The van der Waals surface area contributed by atoms with Crippen LogP contribution in [-0.4, -0.2) is 24.0 Å². The maximum absolute atomic E-state index is 13.8. The Morgan fingerprint density at radius 2 is 2.00 bits per heavy atom. The van der Waals surface area contributed by atoms with E-state index in [1.54, 1.807) is 13.3 Å². The molecule has 0 bridgehead atoms. The van der Waals surface area contributed by atoms with Crippen molar-refractivity contribution in [1.82, 2.24) is 9.88 Å². The van der Waals surface area contributed by atoms with E-state index in [4.69, 9.17) is 4.74 Å². The van der Waals surface area contributed by atoms with Crippen LogP contribution < -0.4 is 4.74 Å². The molecule has 1 atom stereocenters. The van der Waals surface area contributed by atoms with E-state index in [1.807, 2.05) is 31.0 Å². The Bertz CT molecular complexity index is 602. The van der Waals surface area contributed by atoms with Crippen LogP contribution in [0.5, 0.6) is 5.75 Å². The van der Waals surface area contributed by atoms with Crippen molar-refractivity contribution in [3.05, 3.63) is 59.4 Å². The van der Waals surface area contributed by atoms with Gasteiger partial charge in [0.2, 0.25) is 0 Å². The summed E-state index contributed by atoms with van der Waals surface area (Å²) in [7, 11) is 3.43. The Balaban J connectivity index is 2.11. The fourth-order valence-corrected chi connectivity index (χ4v) is 2.09. The molecule has 1 aromatic carbocycles. The Labute approximate surface area is 123 Å². The maximum atomic E-state index is 13.8. The number of pyridine rings is 1. The van der Waals surface area contributed by atoms with Gasteiger partial charge in [-0.1, -0.05) is 0 Å². The number of hydrogen-bond donors (Lipinski definition) is 0. The van der Waals surface area contributed by atoms with Crippen LogP contribution in [-0.2, 0) is 6.54 Å². The molecule has 1 aromatic heterocycles. The first-order valence-corrected chi connectivity index (χ1v) is 6.65. The summed E-state index contributed by atoms with van der Waals surface area (Å²) in [6, 6.07) is 6.92. The molecule has 0 saturated carbocycles. The Morgan fingerprint density at radius 3 is 2.62 bits per heavy atom. The third-order valence-electron chi connectivity index (χ3n) is 3.51. The molecular weight excluding hydrogens is 274 g/mol. The lowest BCUT2D eigenvalue weighted by Crippen LogP contribution is -2.23. The summed E-state index contributed by atoms with van der Waals surface area (Å²) in [5.41, 5.74) is 1.17. The molecule has 0 aliphatic carbocycles. The Hall–Kier alpha value is -2.01. The molecule has 0 saturated heterocycles. The number of benzene rings is 1. The third kappa shape index (κ3) is 3.76. The molecule has 3 nitrogen and oxygen atoms in total. The molecular formula is C16H18F2N2O. The first kappa shape index (κ1) is 15.4. The van der Waals surface area contributed by atoms with E-state index in [-0.39, 0.29) is 6.04 Å². The van der Waals surface area contributed by atoms with E-state index in [0.717, 1.165) is 17.8 Å². The molecule has 1 heterocycles. The van der Waals surface area contributed by atoms with Gasteiger partial charge in [-0.15, -0.1) is 0 Å². The SMILES string of the molecule is COc1ccc(CN(C)[C@H](C)c2cc(F)ccc2F)nc1. The highest BCUT2D eigenvalue weighted by atomic mass is 19.1. The van der Waals surface area contributed by atoms with E-state index >= 15 is 0 Å². The van der Waals surface area contributed by atoms with Crippen molar-refractivity contribution < 1.29 is 13.5 Å². The van der Waals surface area contributed by atoms with Gasteiger partial charge in [-0.2, -0.15) is 0 Å².